The van der Waals surface area contributed by atoms with E-state index in [1.165, 1.54) is 6.07 Å². The number of rotatable bonds is 5. The molecule has 1 aliphatic rings. The van der Waals surface area contributed by atoms with Crippen LogP contribution >= 0.6 is 0 Å². The molecule has 0 amide bonds. The van der Waals surface area contributed by atoms with E-state index in [4.69, 9.17) is 18.6 Å². The molecule has 1 aliphatic heterocycles. The van der Waals surface area contributed by atoms with E-state index in [-0.39, 0.29) is 16.9 Å². The zero-order valence-corrected chi connectivity index (χ0v) is 18.0. The van der Waals surface area contributed by atoms with Crippen molar-refractivity contribution in [2.24, 2.45) is 0 Å². The van der Waals surface area contributed by atoms with Crippen LogP contribution in [0, 0.1) is 0 Å². The average molecular weight is 494 g/mol. The van der Waals surface area contributed by atoms with Gasteiger partial charge in [0.1, 0.15) is 35.4 Å². The second kappa shape index (κ2) is 9.13. The maximum atomic E-state index is 13.5. The Hall–Kier alpha value is -3.75. The molecule has 0 saturated carbocycles. The van der Waals surface area contributed by atoms with Crippen LogP contribution in [0.5, 0.6) is 34.5 Å². The molecule has 1 saturated heterocycles. The fourth-order valence-electron chi connectivity index (χ4n) is 3.73. The maximum Gasteiger partial charge on any atom is 0.239 e. The van der Waals surface area contributed by atoms with E-state index in [0.29, 0.717) is 0 Å². The summed E-state index contributed by atoms with van der Waals surface area (Å²) in [5.74, 6) is -3.87. The first-order chi connectivity index (χ1) is 16.6. The number of fused-ring (bicyclic) bond motifs is 1. The first-order valence-electron chi connectivity index (χ1n) is 10.2. The Labute approximate surface area is 195 Å². The number of hydrogen-bond donors (Lipinski definition) is 8. The molecule has 188 valence electrons. The summed E-state index contributed by atoms with van der Waals surface area (Å²) in [6.07, 6.45) is -8.53. The second-order valence-electron chi connectivity index (χ2n) is 7.76. The molecule has 13 heteroatoms. The molecule has 2 heterocycles. The normalized spacial score (nSPS) is 24.4. The monoisotopic (exact) mass is 494 g/mol. The van der Waals surface area contributed by atoms with E-state index in [1.54, 1.807) is 0 Å². The predicted molar refractivity (Wildman–Crippen MR) is 116 cm³/mol. The van der Waals surface area contributed by atoms with Gasteiger partial charge in [0, 0.05) is 11.6 Å². The Bertz CT molecular complexity index is 1320. The molecule has 35 heavy (non-hydrogen) atoms. The van der Waals surface area contributed by atoms with Gasteiger partial charge in [-0.2, -0.15) is 0 Å². The Kier molecular flexibility index (Phi) is 6.36. The Morgan fingerprint density at radius 3 is 2.26 bits per heavy atom. The standard InChI is InChI=1S/C22H22O13/c1-32-20-10(26)5-11-13(15(20)28)16(29)21(19(33-11)7-2-3-8(24)9(25)4-7)35-22-18(31)17(30)14(27)12(6-23)34-22/h2-5,12,14,17-18,22-28,30-31H,6H2,1H3. The molecule has 13 nitrogen and oxygen atoms in total. The van der Waals surface area contributed by atoms with Crippen LogP contribution in [0.2, 0.25) is 0 Å². The van der Waals surface area contributed by atoms with Gasteiger partial charge in [0.2, 0.25) is 23.2 Å². The van der Waals surface area contributed by atoms with Gasteiger partial charge in [-0.1, -0.05) is 0 Å². The Morgan fingerprint density at radius 1 is 0.914 bits per heavy atom. The molecule has 8 N–H and O–H groups in total. The number of aliphatic hydroxyl groups is 4. The third kappa shape index (κ3) is 4.05. The van der Waals surface area contributed by atoms with Crippen LogP contribution in [-0.2, 0) is 4.74 Å². The summed E-state index contributed by atoms with van der Waals surface area (Å²) < 4.78 is 21.5. The molecular weight excluding hydrogens is 472 g/mol. The van der Waals surface area contributed by atoms with Crippen LogP contribution in [0.1, 0.15) is 0 Å². The van der Waals surface area contributed by atoms with Crippen molar-refractivity contribution in [1.29, 1.82) is 0 Å². The van der Waals surface area contributed by atoms with Crippen molar-refractivity contribution in [2.75, 3.05) is 13.7 Å². The van der Waals surface area contributed by atoms with E-state index in [9.17, 15) is 45.6 Å². The van der Waals surface area contributed by atoms with E-state index >= 15 is 0 Å². The van der Waals surface area contributed by atoms with Gasteiger partial charge < -0.3 is 59.5 Å². The summed E-state index contributed by atoms with van der Waals surface area (Å²) in [6.45, 7) is -0.757. The van der Waals surface area contributed by atoms with Gasteiger partial charge in [0.05, 0.1) is 13.7 Å². The third-order valence-electron chi connectivity index (χ3n) is 5.57. The number of aromatic hydroxyl groups is 4. The maximum absolute atomic E-state index is 13.5. The largest absolute Gasteiger partial charge is 0.504 e. The third-order valence-corrected chi connectivity index (χ3v) is 5.57. The van der Waals surface area contributed by atoms with Crippen LogP contribution in [0.15, 0.2) is 33.5 Å². The van der Waals surface area contributed by atoms with Gasteiger partial charge in [-0.25, -0.2) is 0 Å². The molecule has 5 unspecified atom stereocenters. The lowest BCUT2D eigenvalue weighted by molar-refractivity contribution is -0.277. The summed E-state index contributed by atoms with van der Waals surface area (Å²) in [7, 11) is 1.14. The number of phenols is 4. The molecule has 1 aromatic heterocycles. The Morgan fingerprint density at radius 2 is 1.63 bits per heavy atom. The fourth-order valence-corrected chi connectivity index (χ4v) is 3.73. The van der Waals surface area contributed by atoms with Crippen LogP contribution < -0.4 is 14.9 Å². The van der Waals surface area contributed by atoms with Crippen LogP contribution in [0.3, 0.4) is 0 Å². The SMILES string of the molecule is COc1c(O)cc2oc(-c3ccc(O)c(O)c3)c(OC3OC(CO)C(O)C(O)C3O)c(=O)c2c1O. The summed E-state index contributed by atoms with van der Waals surface area (Å²) in [5.41, 5.74) is -1.34. The first kappa shape index (κ1) is 24.4. The molecular formula is C22H22O13. The molecule has 2 aromatic carbocycles. The van der Waals surface area contributed by atoms with E-state index in [1.807, 2.05) is 0 Å². The molecule has 0 radical (unpaired) electrons. The number of ether oxygens (including phenoxy) is 3. The van der Waals surface area contributed by atoms with Gasteiger partial charge in [-0.05, 0) is 18.2 Å². The molecule has 5 atom stereocenters. The highest BCUT2D eigenvalue weighted by atomic mass is 16.7. The van der Waals surface area contributed by atoms with Crippen molar-refractivity contribution in [3.63, 3.8) is 0 Å². The lowest BCUT2D eigenvalue weighted by Gasteiger charge is -2.39. The van der Waals surface area contributed by atoms with Gasteiger partial charge in [0.25, 0.3) is 0 Å². The van der Waals surface area contributed by atoms with Crippen molar-refractivity contribution in [2.45, 2.75) is 30.7 Å². The fraction of sp³-hybridized carbons (Fsp3) is 0.318. The summed E-state index contributed by atoms with van der Waals surface area (Å²) in [5, 5.41) is 79.6. The summed E-state index contributed by atoms with van der Waals surface area (Å²) in [4.78, 5) is 13.5. The summed E-state index contributed by atoms with van der Waals surface area (Å²) in [6, 6.07) is 4.37. The zero-order chi connectivity index (χ0) is 25.6. The van der Waals surface area contributed by atoms with Crippen molar-refractivity contribution in [1.82, 2.24) is 0 Å². The highest BCUT2D eigenvalue weighted by Gasteiger charge is 2.45. The van der Waals surface area contributed by atoms with Crippen molar-refractivity contribution >= 4 is 11.0 Å². The highest BCUT2D eigenvalue weighted by Crippen LogP contribution is 2.44. The molecule has 4 rings (SSSR count). The number of hydrogen-bond acceptors (Lipinski definition) is 13. The predicted octanol–water partition coefficient (Wildman–Crippen LogP) is -0.530. The van der Waals surface area contributed by atoms with E-state index in [0.717, 1.165) is 25.3 Å². The number of aliphatic hydroxyl groups excluding tert-OH is 4. The second-order valence-corrected chi connectivity index (χ2v) is 7.76. The number of methoxy groups -OCH3 is 1. The van der Waals surface area contributed by atoms with Crippen molar-refractivity contribution in [3.05, 3.63) is 34.5 Å². The first-order valence-corrected chi connectivity index (χ1v) is 10.2. The quantitative estimate of drug-likeness (QED) is 0.209. The number of benzene rings is 2. The van der Waals surface area contributed by atoms with Gasteiger partial charge in [-0.3, -0.25) is 4.79 Å². The highest BCUT2D eigenvalue weighted by molar-refractivity contribution is 5.91. The molecule has 0 aliphatic carbocycles. The lowest BCUT2D eigenvalue weighted by atomic mass is 9.99. The Balaban J connectivity index is 1.95. The smallest absolute Gasteiger partial charge is 0.239 e. The minimum absolute atomic E-state index is 0.00584. The van der Waals surface area contributed by atoms with Crippen LogP contribution in [0.4, 0.5) is 0 Å². The van der Waals surface area contributed by atoms with E-state index < -0.39 is 82.6 Å². The zero-order valence-electron chi connectivity index (χ0n) is 18.0. The molecule has 0 bridgehead atoms. The average Bonchev–Trinajstić information content (AvgIpc) is 2.82. The minimum atomic E-state index is -1.88. The van der Waals surface area contributed by atoms with Crippen LogP contribution in [-0.4, -0.2) is 85.3 Å². The number of phenolic OH excluding ortho intramolecular Hbond substituents is 4. The van der Waals surface area contributed by atoms with Crippen molar-refractivity contribution in [3.8, 4) is 45.8 Å². The van der Waals surface area contributed by atoms with Crippen molar-refractivity contribution < 1.29 is 59.5 Å². The van der Waals surface area contributed by atoms with Crippen LogP contribution in [0.25, 0.3) is 22.3 Å². The van der Waals surface area contributed by atoms with Gasteiger partial charge >= 0.3 is 0 Å². The molecule has 0 spiro atoms. The van der Waals surface area contributed by atoms with Gasteiger partial charge in [0.15, 0.2) is 28.8 Å². The molecule has 1 fully saturated rings. The summed E-state index contributed by atoms with van der Waals surface area (Å²) >= 11 is 0. The molecule has 3 aromatic rings. The lowest BCUT2D eigenvalue weighted by Crippen LogP contribution is -2.60. The van der Waals surface area contributed by atoms with Gasteiger partial charge in [-0.15, -0.1) is 0 Å². The topological polar surface area (TPSA) is 220 Å². The van der Waals surface area contributed by atoms with E-state index in [2.05, 4.69) is 0 Å². The minimum Gasteiger partial charge on any atom is -0.504 e.